The molecule has 0 saturated carbocycles. The topological polar surface area (TPSA) is 155 Å². The fraction of sp³-hybridized carbons (Fsp3) is 0.273. The van der Waals surface area contributed by atoms with Crippen LogP contribution in [0.5, 0.6) is 0 Å². The predicted molar refractivity (Wildman–Crippen MR) is 115 cm³/mol. The van der Waals surface area contributed by atoms with E-state index in [-0.39, 0.29) is 34.9 Å². The third kappa shape index (κ3) is 5.13. The normalized spacial score (nSPS) is 13.8. The minimum absolute atomic E-state index is 0.101. The Bertz CT molecular complexity index is 1080. The zero-order chi connectivity index (χ0) is 23.3. The summed E-state index contributed by atoms with van der Waals surface area (Å²) in [5.41, 5.74) is 11.9. The number of piperidine rings is 1. The number of carboxylic acid groups (broad SMARTS) is 1. The number of hydrogen-bond acceptors (Lipinski definition) is 5. The molecule has 166 valence electrons. The molecular formula is C22H22FN5O4. The molecule has 0 aromatic heterocycles. The van der Waals surface area contributed by atoms with Crippen LogP contribution in [0.3, 0.4) is 0 Å². The Morgan fingerprint density at radius 1 is 1.19 bits per heavy atom. The highest BCUT2D eigenvalue weighted by molar-refractivity contribution is 5.88. The van der Waals surface area contributed by atoms with Crippen LogP contribution >= 0.6 is 0 Å². The van der Waals surface area contributed by atoms with Gasteiger partial charge in [0, 0.05) is 18.7 Å². The first-order valence-corrected chi connectivity index (χ1v) is 9.86. The van der Waals surface area contributed by atoms with E-state index < -0.39 is 23.8 Å². The maximum absolute atomic E-state index is 15.2. The molecule has 0 aliphatic carbocycles. The smallest absolute Gasteiger partial charge is 0.437 e. The molecule has 9 nitrogen and oxygen atoms in total. The highest BCUT2D eigenvalue weighted by Crippen LogP contribution is 2.34. The molecule has 1 saturated heterocycles. The molecule has 1 aliphatic rings. The fourth-order valence-corrected chi connectivity index (χ4v) is 3.73. The van der Waals surface area contributed by atoms with E-state index in [0.717, 1.165) is 5.56 Å². The highest BCUT2D eigenvalue weighted by atomic mass is 19.1. The number of carbonyl (C=O) groups is 2. The summed E-state index contributed by atoms with van der Waals surface area (Å²) in [6.45, 7) is 0.634. The Morgan fingerprint density at radius 2 is 1.84 bits per heavy atom. The van der Waals surface area contributed by atoms with Crippen molar-refractivity contribution in [1.82, 2.24) is 0 Å². The van der Waals surface area contributed by atoms with Crippen molar-refractivity contribution in [1.29, 1.82) is 5.26 Å². The van der Waals surface area contributed by atoms with Crippen molar-refractivity contribution >= 4 is 23.7 Å². The van der Waals surface area contributed by atoms with E-state index in [9.17, 15) is 14.9 Å². The van der Waals surface area contributed by atoms with E-state index in [2.05, 4.69) is 4.99 Å². The predicted octanol–water partition coefficient (Wildman–Crippen LogP) is 2.69. The van der Waals surface area contributed by atoms with Gasteiger partial charge in [-0.25, -0.2) is 14.0 Å². The van der Waals surface area contributed by atoms with Crippen molar-refractivity contribution in [2.45, 2.75) is 25.4 Å². The van der Waals surface area contributed by atoms with E-state index in [1.54, 1.807) is 29.2 Å². The lowest BCUT2D eigenvalue weighted by atomic mass is 9.88. The molecule has 10 heteroatoms. The van der Waals surface area contributed by atoms with Crippen LogP contribution < -0.4 is 16.4 Å². The zero-order valence-corrected chi connectivity index (χ0v) is 17.1. The Hall–Kier alpha value is -4.13. The summed E-state index contributed by atoms with van der Waals surface area (Å²) in [7, 11) is 0. The van der Waals surface area contributed by atoms with E-state index in [1.165, 1.54) is 12.1 Å². The molecule has 5 N–H and O–H groups in total. The lowest BCUT2D eigenvalue weighted by Gasteiger charge is -2.34. The highest BCUT2D eigenvalue weighted by Gasteiger charge is 2.26. The maximum atomic E-state index is 15.2. The van der Waals surface area contributed by atoms with E-state index in [1.807, 2.05) is 6.07 Å². The van der Waals surface area contributed by atoms with Crippen molar-refractivity contribution in [3.05, 3.63) is 64.5 Å². The summed E-state index contributed by atoms with van der Waals surface area (Å²) in [6.07, 6.45) is 0.381. The van der Waals surface area contributed by atoms with Gasteiger partial charge in [-0.1, -0.05) is 18.2 Å². The van der Waals surface area contributed by atoms with Crippen LogP contribution in [0.2, 0.25) is 0 Å². The van der Waals surface area contributed by atoms with Gasteiger partial charge in [0.1, 0.15) is 12.7 Å². The molecule has 3 rings (SSSR count). The number of carboxylic acids is 1. The van der Waals surface area contributed by atoms with Gasteiger partial charge in [-0.15, -0.1) is 4.99 Å². The number of ether oxygens (including phenoxy) is 1. The fourth-order valence-electron chi connectivity index (χ4n) is 3.73. The summed E-state index contributed by atoms with van der Waals surface area (Å²) in [5, 5.41) is 18.5. The third-order valence-corrected chi connectivity index (χ3v) is 5.33. The van der Waals surface area contributed by atoms with Gasteiger partial charge >= 0.3 is 12.1 Å². The molecular weight excluding hydrogens is 417 g/mol. The van der Waals surface area contributed by atoms with Crippen LogP contribution in [-0.4, -0.2) is 36.2 Å². The van der Waals surface area contributed by atoms with Crippen molar-refractivity contribution < 1.29 is 23.8 Å². The first-order valence-electron chi connectivity index (χ1n) is 9.86. The molecule has 0 atom stereocenters. The van der Waals surface area contributed by atoms with Gasteiger partial charge in [0.05, 0.1) is 16.8 Å². The van der Waals surface area contributed by atoms with Crippen molar-refractivity contribution in [2.75, 3.05) is 18.0 Å². The molecule has 1 amide bonds. The summed E-state index contributed by atoms with van der Waals surface area (Å²) < 4.78 is 20.1. The first kappa shape index (κ1) is 22.6. The second kappa shape index (κ2) is 9.78. The number of rotatable bonds is 5. The Labute approximate surface area is 183 Å². The van der Waals surface area contributed by atoms with Crippen molar-refractivity contribution in [2.24, 2.45) is 16.5 Å². The Balaban J connectivity index is 1.73. The van der Waals surface area contributed by atoms with Crippen LogP contribution in [-0.2, 0) is 11.3 Å². The quantitative estimate of drug-likeness (QED) is 0.474. The molecule has 1 heterocycles. The monoisotopic (exact) mass is 439 g/mol. The van der Waals surface area contributed by atoms with Crippen molar-refractivity contribution in [3.63, 3.8) is 0 Å². The number of carbonyl (C=O) groups excluding carboxylic acids is 1. The van der Waals surface area contributed by atoms with Crippen LogP contribution in [0.1, 0.15) is 45.8 Å². The van der Waals surface area contributed by atoms with Gasteiger partial charge < -0.3 is 26.2 Å². The molecule has 2 aromatic carbocycles. The summed E-state index contributed by atoms with van der Waals surface area (Å²) in [6, 6.07) is 11.6. The maximum Gasteiger partial charge on any atom is 0.437 e. The number of amides is 1. The number of halogens is 1. The van der Waals surface area contributed by atoms with Crippen LogP contribution in [0.4, 0.5) is 14.9 Å². The standard InChI is InChI=1S/C22H22FN5O4/c23-18-17(12-32-22(31)27-21(25)26)6-5-16(11-24)19(18)28-9-7-14(8-10-28)13-1-3-15(4-2-13)20(29)30/h1-6,14H,7-10,12H2,(H,29,30)(H4,25,26,27,31). The number of nitriles is 1. The SMILES string of the molecule is N#Cc1ccc(COC(=O)N=C(N)N)c(F)c1N1CCC(c2ccc(C(=O)O)cc2)CC1. The average Bonchev–Trinajstić information content (AvgIpc) is 2.77. The minimum Gasteiger partial charge on any atom is -0.478 e. The first-order chi connectivity index (χ1) is 15.3. The van der Waals surface area contributed by atoms with E-state index >= 15 is 4.39 Å². The number of nitrogens with two attached hydrogens (primary N) is 2. The molecule has 0 spiro atoms. The van der Waals surface area contributed by atoms with Gasteiger partial charge in [-0.2, -0.15) is 5.26 Å². The number of benzene rings is 2. The largest absolute Gasteiger partial charge is 0.478 e. The third-order valence-electron chi connectivity index (χ3n) is 5.33. The average molecular weight is 439 g/mol. The van der Waals surface area contributed by atoms with Crippen molar-refractivity contribution in [3.8, 4) is 6.07 Å². The minimum atomic E-state index is -1.04. The number of aliphatic imine (C=N–C) groups is 1. The number of hydrogen-bond donors (Lipinski definition) is 3. The number of guanidine groups is 1. The summed E-state index contributed by atoms with van der Waals surface area (Å²) in [5.74, 6) is -1.87. The van der Waals surface area contributed by atoms with E-state index in [4.69, 9.17) is 21.3 Å². The summed E-state index contributed by atoms with van der Waals surface area (Å²) >= 11 is 0. The molecule has 0 unspecified atom stereocenters. The van der Waals surface area contributed by atoms with Gasteiger partial charge in [0.25, 0.3) is 0 Å². The van der Waals surface area contributed by atoms with Crippen LogP contribution in [0.15, 0.2) is 41.4 Å². The molecule has 1 fully saturated rings. The lowest BCUT2D eigenvalue weighted by molar-refractivity contribution is 0.0696. The number of nitrogens with zero attached hydrogens (tertiary/aromatic N) is 3. The lowest BCUT2D eigenvalue weighted by Crippen LogP contribution is -2.34. The second-order valence-electron chi connectivity index (χ2n) is 7.33. The second-order valence-corrected chi connectivity index (χ2v) is 7.33. The molecule has 2 aromatic rings. The molecule has 32 heavy (non-hydrogen) atoms. The van der Waals surface area contributed by atoms with Crippen LogP contribution in [0, 0.1) is 17.1 Å². The van der Waals surface area contributed by atoms with Gasteiger partial charge in [0.15, 0.2) is 11.8 Å². The summed E-state index contributed by atoms with van der Waals surface area (Å²) in [4.78, 5) is 27.5. The Kier molecular flexibility index (Phi) is 6.90. The van der Waals surface area contributed by atoms with E-state index in [0.29, 0.717) is 25.9 Å². The molecule has 0 radical (unpaired) electrons. The van der Waals surface area contributed by atoms with Gasteiger partial charge in [0.2, 0.25) is 0 Å². The Morgan fingerprint density at radius 3 is 2.41 bits per heavy atom. The van der Waals surface area contributed by atoms with Gasteiger partial charge in [-0.05, 0) is 42.5 Å². The van der Waals surface area contributed by atoms with Gasteiger partial charge in [-0.3, -0.25) is 0 Å². The molecule has 0 bridgehead atoms. The number of anilines is 1. The zero-order valence-electron chi connectivity index (χ0n) is 17.1. The number of aromatic carboxylic acids is 1. The van der Waals surface area contributed by atoms with Crippen LogP contribution in [0.25, 0.3) is 0 Å². The molecule has 1 aliphatic heterocycles.